The lowest BCUT2D eigenvalue weighted by molar-refractivity contribution is 0.442. The molecule has 3 aliphatic rings. The van der Waals surface area contributed by atoms with Crippen LogP contribution in [0.4, 0.5) is 0 Å². The van der Waals surface area contributed by atoms with E-state index in [1.54, 1.807) is 0 Å². The van der Waals surface area contributed by atoms with Gasteiger partial charge < -0.3 is 10.2 Å². The lowest BCUT2D eigenvalue weighted by Crippen LogP contribution is -2.39. The molecule has 2 aliphatic carbocycles. The van der Waals surface area contributed by atoms with Crippen LogP contribution in [-0.2, 0) is 0 Å². The summed E-state index contributed by atoms with van der Waals surface area (Å²) in [6.07, 6.45) is 6.96. The Balaban J connectivity index is 1.50. The van der Waals surface area contributed by atoms with Crippen molar-refractivity contribution in [2.24, 2.45) is 11.8 Å². The first-order valence-corrected chi connectivity index (χ1v) is 6.29. The Morgan fingerprint density at radius 1 is 1.07 bits per heavy atom. The third kappa shape index (κ3) is 1.88. The van der Waals surface area contributed by atoms with Crippen LogP contribution in [0.2, 0.25) is 0 Å². The van der Waals surface area contributed by atoms with E-state index in [4.69, 9.17) is 12.2 Å². The van der Waals surface area contributed by atoms with Crippen molar-refractivity contribution in [3.05, 3.63) is 0 Å². The Labute approximate surface area is 91.0 Å². The van der Waals surface area contributed by atoms with Gasteiger partial charge in [0.1, 0.15) is 0 Å². The van der Waals surface area contributed by atoms with Crippen molar-refractivity contribution in [2.75, 3.05) is 13.1 Å². The number of likely N-dealkylation sites (tertiary alicyclic amines) is 1. The summed E-state index contributed by atoms with van der Waals surface area (Å²) < 4.78 is 0. The maximum atomic E-state index is 5.40. The highest BCUT2D eigenvalue weighted by Gasteiger charge is 2.37. The molecule has 3 rings (SSSR count). The summed E-state index contributed by atoms with van der Waals surface area (Å²) >= 11 is 5.40. The summed E-state index contributed by atoms with van der Waals surface area (Å²) in [5.41, 5.74) is 0. The highest BCUT2D eigenvalue weighted by Crippen LogP contribution is 2.41. The number of nitrogens with zero attached hydrogens (tertiary/aromatic N) is 1. The Morgan fingerprint density at radius 3 is 2.50 bits per heavy atom. The average molecular weight is 210 g/mol. The topological polar surface area (TPSA) is 15.3 Å². The van der Waals surface area contributed by atoms with Gasteiger partial charge >= 0.3 is 0 Å². The second kappa shape index (κ2) is 3.37. The minimum absolute atomic E-state index is 0.711. The molecule has 0 aromatic carbocycles. The fraction of sp³-hybridized carbons (Fsp3) is 0.909. The van der Waals surface area contributed by atoms with Gasteiger partial charge in [-0.2, -0.15) is 0 Å². The Kier molecular flexibility index (Phi) is 2.15. The van der Waals surface area contributed by atoms with Gasteiger partial charge in [-0.3, -0.25) is 0 Å². The molecule has 0 spiro atoms. The van der Waals surface area contributed by atoms with Crippen molar-refractivity contribution >= 4 is 17.3 Å². The highest BCUT2D eigenvalue weighted by molar-refractivity contribution is 7.80. The summed E-state index contributed by atoms with van der Waals surface area (Å²) in [6, 6.07) is 0.711. The molecule has 0 aromatic rings. The fourth-order valence-electron chi connectivity index (χ4n) is 2.42. The van der Waals surface area contributed by atoms with E-state index < -0.39 is 0 Å². The van der Waals surface area contributed by atoms with Crippen molar-refractivity contribution in [1.82, 2.24) is 10.2 Å². The molecule has 3 fully saturated rings. The first-order chi connectivity index (χ1) is 6.83. The van der Waals surface area contributed by atoms with Crippen LogP contribution in [0, 0.1) is 11.8 Å². The lowest BCUT2D eigenvalue weighted by atomic mass is 10.0. The molecule has 1 N–H and O–H groups in total. The number of rotatable bonds is 2. The molecule has 78 valence electrons. The SMILES string of the molecule is S=C(NC1CC1)N1CCC(C2CC2)C1. The minimum Gasteiger partial charge on any atom is -0.360 e. The third-order valence-corrected chi connectivity index (χ3v) is 4.08. The molecule has 0 amide bonds. The van der Waals surface area contributed by atoms with E-state index in [2.05, 4.69) is 10.2 Å². The van der Waals surface area contributed by atoms with Crippen molar-refractivity contribution in [3.63, 3.8) is 0 Å². The zero-order valence-electron chi connectivity index (χ0n) is 8.54. The van der Waals surface area contributed by atoms with Crippen LogP contribution in [0.15, 0.2) is 0 Å². The van der Waals surface area contributed by atoms with Gasteiger partial charge in [-0.25, -0.2) is 0 Å². The van der Waals surface area contributed by atoms with Gasteiger partial charge in [-0.15, -0.1) is 0 Å². The molecule has 0 aromatic heterocycles. The minimum atomic E-state index is 0.711. The van der Waals surface area contributed by atoms with Crippen LogP contribution >= 0.6 is 12.2 Å². The predicted octanol–water partition coefficient (Wildman–Crippen LogP) is 1.76. The van der Waals surface area contributed by atoms with Gasteiger partial charge in [0.2, 0.25) is 0 Å². The molecule has 2 nitrogen and oxygen atoms in total. The summed E-state index contributed by atoms with van der Waals surface area (Å²) in [7, 11) is 0. The van der Waals surface area contributed by atoms with Gasteiger partial charge in [0.05, 0.1) is 0 Å². The monoisotopic (exact) mass is 210 g/mol. The summed E-state index contributed by atoms with van der Waals surface area (Å²) in [4.78, 5) is 2.39. The quantitative estimate of drug-likeness (QED) is 0.699. The fourth-order valence-corrected chi connectivity index (χ4v) is 2.75. The van der Waals surface area contributed by atoms with Gasteiger partial charge in [0, 0.05) is 19.1 Å². The van der Waals surface area contributed by atoms with E-state index in [9.17, 15) is 0 Å². The van der Waals surface area contributed by atoms with E-state index >= 15 is 0 Å². The number of hydrogen-bond acceptors (Lipinski definition) is 1. The second-order valence-corrected chi connectivity index (χ2v) is 5.44. The molecular weight excluding hydrogens is 192 g/mol. The normalized spacial score (nSPS) is 32.0. The summed E-state index contributed by atoms with van der Waals surface area (Å²) in [5, 5.41) is 4.46. The van der Waals surface area contributed by atoms with Crippen LogP contribution < -0.4 is 5.32 Å². The third-order valence-electron chi connectivity index (χ3n) is 3.71. The van der Waals surface area contributed by atoms with Crippen LogP contribution in [-0.4, -0.2) is 29.1 Å². The van der Waals surface area contributed by atoms with Crippen molar-refractivity contribution in [2.45, 2.75) is 38.1 Å². The molecule has 1 saturated heterocycles. The lowest BCUT2D eigenvalue weighted by Gasteiger charge is -2.20. The van der Waals surface area contributed by atoms with Crippen LogP contribution in [0.1, 0.15) is 32.1 Å². The Bertz CT molecular complexity index is 246. The standard InChI is InChI=1S/C11H18N2S/c14-11(12-10-3-4-10)13-6-5-9(7-13)8-1-2-8/h8-10H,1-7H2,(H,12,14). The van der Waals surface area contributed by atoms with Gasteiger partial charge in [-0.1, -0.05) is 0 Å². The van der Waals surface area contributed by atoms with Crippen molar-refractivity contribution in [1.29, 1.82) is 0 Å². The van der Waals surface area contributed by atoms with E-state index in [1.165, 1.54) is 45.2 Å². The van der Waals surface area contributed by atoms with Crippen LogP contribution in [0.25, 0.3) is 0 Å². The molecule has 1 atom stereocenters. The maximum absolute atomic E-state index is 5.40. The smallest absolute Gasteiger partial charge is 0.169 e. The summed E-state index contributed by atoms with van der Waals surface area (Å²) in [6.45, 7) is 2.42. The number of thiocarbonyl (C=S) groups is 1. The number of nitrogens with one attached hydrogen (secondary N) is 1. The molecule has 14 heavy (non-hydrogen) atoms. The van der Waals surface area contributed by atoms with Gasteiger partial charge in [0.15, 0.2) is 5.11 Å². The van der Waals surface area contributed by atoms with E-state index in [-0.39, 0.29) is 0 Å². The van der Waals surface area contributed by atoms with E-state index in [1.807, 2.05) is 0 Å². The summed E-state index contributed by atoms with van der Waals surface area (Å²) in [5.74, 6) is 2.00. The van der Waals surface area contributed by atoms with Crippen molar-refractivity contribution < 1.29 is 0 Å². The molecule has 0 bridgehead atoms. The average Bonchev–Trinajstić information content (AvgIpc) is 3.08. The van der Waals surface area contributed by atoms with E-state index in [0.717, 1.165) is 16.9 Å². The van der Waals surface area contributed by atoms with Crippen LogP contribution in [0.5, 0.6) is 0 Å². The van der Waals surface area contributed by atoms with Crippen molar-refractivity contribution in [3.8, 4) is 0 Å². The Hall–Kier alpha value is -0.310. The molecular formula is C11H18N2S. The first kappa shape index (κ1) is 8.96. The zero-order chi connectivity index (χ0) is 9.54. The van der Waals surface area contributed by atoms with Crippen LogP contribution in [0.3, 0.4) is 0 Å². The Morgan fingerprint density at radius 2 is 1.86 bits per heavy atom. The maximum Gasteiger partial charge on any atom is 0.169 e. The second-order valence-electron chi connectivity index (χ2n) is 5.06. The molecule has 0 radical (unpaired) electrons. The molecule has 1 unspecified atom stereocenters. The largest absolute Gasteiger partial charge is 0.360 e. The predicted molar refractivity (Wildman–Crippen MR) is 61.2 cm³/mol. The molecule has 1 aliphatic heterocycles. The highest BCUT2D eigenvalue weighted by atomic mass is 32.1. The van der Waals surface area contributed by atoms with Gasteiger partial charge in [0.25, 0.3) is 0 Å². The number of hydrogen-bond donors (Lipinski definition) is 1. The molecule has 1 heterocycles. The van der Waals surface area contributed by atoms with E-state index in [0.29, 0.717) is 6.04 Å². The van der Waals surface area contributed by atoms with Gasteiger partial charge in [-0.05, 0) is 56.2 Å². The first-order valence-electron chi connectivity index (χ1n) is 5.88. The molecule has 3 heteroatoms. The molecule has 2 saturated carbocycles. The zero-order valence-corrected chi connectivity index (χ0v) is 9.35.